The number of nitrogens with one attached hydrogen (secondary N) is 1. The Balaban J connectivity index is 1.77. The minimum atomic E-state index is -0.597. The summed E-state index contributed by atoms with van der Waals surface area (Å²) in [6.45, 7) is 5.69. The zero-order chi connectivity index (χ0) is 20.1. The molecule has 2 aromatic carbocycles. The van der Waals surface area contributed by atoms with E-state index in [9.17, 15) is 9.90 Å². The molecule has 0 aliphatic carbocycles. The van der Waals surface area contributed by atoms with Gasteiger partial charge >= 0.3 is 0 Å². The largest absolute Gasteiger partial charge is 0.389 e. The number of carbonyl (C=O) groups excluding carboxylic acids is 1. The highest BCUT2D eigenvalue weighted by molar-refractivity contribution is 6.03. The van der Waals surface area contributed by atoms with Gasteiger partial charge in [-0.25, -0.2) is 4.68 Å². The lowest BCUT2D eigenvalue weighted by Gasteiger charge is -2.09. The quantitative estimate of drug-likeness (QED) is 0.645. The molecule has 1 atom stereocenters. The Kier molecular flexibility index (Phi) is 6.21. The van der Waals surface area contributed by atoms with Crippen LogP contribution in [0.3, 0.4) is 0 Å². The van der Waals surface area contributed by atoms with Gasteiger partial charge in [-0.1, -0.05) is 42.8 Å². The van der Waals surface area contributed by atoms with E-state index in [2.05, 4.69) is 34.7 Å². The Hall–Kier alpha value is -2.99. The Morgan fingerprint density at radius 1 is 1.21 bits per heavy atom. The summed E-state index contributed by atoms with van der Waals surface area (Å²) in [7, 11) is 0. The normalized spacial score (nSPS) is 12.0. The molecular weight excluding hydrogens is 352 g/mol. The summed E-state index contributed by atoms with van der Waals surface area (Å²) in [5.74, 6) is -0.328. The number of aromatic nitrogens is 3. The highest BCUT2D eigenvalue weighted by Gasteiger charge is 2.18. The van der Waals surface area contributed by atoms with E-state index in [0.717, 1.165) is 17.7 Å². The molecule has 0 radical (unpaired) electrons. The summed E-state index contributed by atoms with van der Waals surface area (Å²) in [4.78, 5) is 12.6. The van der Waals surface area contributed by atoms with E-state index < -0.39 is 6.10 Å². The van der Waals surface area contributed by atoms with Gasteiger partial charge in [-0.3, -0.25) is 4.79 Å². The maximum absolute atomic E-state index is 12.6. The molecule has 0 fully saturated rings. The number of unbranched alkanes of at least 4 members (excludes halogenated alkanes) is 1. The lowest BCUT2D eigenvalue weighted by molar-refractivity contribution is 0.102. The molecule has 1 heterocycles. The number of aryl methyl sites for hydroxylation is 1. The molecule has 1 amide bonds. The van der Waals surface area contributed by atoms with Gasteiger partial charge in [-0.05, 0) is 62.1 Å². The number of benzene rings is 2. The van der Waals surface area contributed by atoms with E-state index in [1.807, 2.05) is 25.1 Å². The highest BCUT2D eigenvalue weighted by atomic mass is 16.3. The Bertz CT molecular complexity index is 945. The number of anilines is 1. The number of nitrogens with zero attached hydrogens (tertiary/aromatic N) is 3. The van der Waals surface area contributed by atoms with Crippen molar-refractivity contribution in [2.75, 3.05) is 5.32 Å². The first kappa shape index (κ1) is 19.8. The molecule has 0 aliphatic heterocycles. The Morgan fingerprint density at radius 2 is 1.96 bits per heavy atom. The predicted molar refractivity (Wildman–Crippen MR) is 110 cm³/mol. The van der Waals surface area contributed by atoms with Crippen molar-refractivity contribution in [3.63, 3.8) is 0 Å². The van der Waals surface area contributed by atoms with Crippen molar-refractivity contribution in [3.05, 3.63) is 71.0 Å². The molecule has 0 spiro atoms. The number of amides is 1. The molecule has 146 valence electrons. The number of aliphatic hydroxyl groups excluding tert-OH is 1. The predicted octanol–water partition coefficient (Wildman–Crippen LogP) is 4.22. The lowest BCUT2D eigenvalue weighted by atomic mass is 10.1. The monoisotopic (exact) mass is 378 g/mol. The van der Waals surface area contributed by atoms with Gasteiger partial charge < -0.3 is 10.4 Å². The molecule has 6 nitrogen and oxygen atoms in total. The van der Waals surface area contributed by atoms with Crippen LogP contribution in [0.25, 0.3) is 5.69 Å². The van der Waals surface area contributed by atoms with Crippen molar-refractivity contribution in [1.82, 2.24) is 15.0 Å². The van der Waals surface area contributed by atoms with Gasteiger partial charge in [0, 0.05) is 5.69 Å². The average Bonchev–Trinajstić information content (AvgIpc) is 3.08. The van der Waals surface area contributed by atoms with Crippen molar-refractivity contribution in [3.8, 4) is 5.69 Å². The highest BCUT2D eigenvalue weighted by Crippen LogP contribution is 2.19. The Morgan fingerprint density at radius 3 is 2.64 bits per heavy atom. The number of aliphatic hydroxyl groups is 1. The second-order valence-electron chi connectivity index (χ2n) is 6.96. The van der Waals surface area contributed by atoms with Crippen LogP contribution in [0.5, 0.6) is 0 Å². The fourth-order valence-electron chi connectivity index (χ4n) is 3.04. The zero-order valence-electron chi connectivity index (χ0n) is 16.5. The summed E-state index contributed by atoms with van der Waals surface area (Å²) < 4.78 is 1.67. The number of carbonyl (C=O) groups is 1. The first-order valence-electron chi connectivity index (χ1n) is 9.60. The van der Waals surface area contributed by atoms with Gasteiger partial charge in [-0.15, -0.1) is 5.10 Å². The summed E-state index contributed by atoms with van der Waals surface area (Å²) >= 11 is 0. The van der Waals surface area contributed by atoms with Gasteiger partial charge in [0.2, 0.25) is 0 Å². The van der Waals surface area contributed by atoms with Gasteiger partial charge in [0.1, 0.15) is 0 Å². The van der Waals surface area contributed by atoms with Gasteiger partial charge in [0.25, 0.3) is 5.91 Å². The molecule has 2 N–H and O–H groups in total. The summed E-state index contributed by atoms with van der Waals surface area (Å²) in [6, 6.07) is 15.3. The smallest absolute Gasteiger partial charge is 0.278 e. The molecule has 0 saturated heterocycles. The minimum Gasteiger partial charge on any atom is -0.389 e. The van der Waals surface area contributed by atoms with Crippen LogP contribution in [0.15, 0.2) is 48.5 Å². The number of hydrogen-bond acceptors (Lipinski definition) is 4. The lowest BCUT2D eigenvalue weighted by Crippen LogP contribution is -2.14. The van der Waals surface area contributed by atoms with Gasteiger partial charge in [0.15, 0.2) is 5.69 Å². The zero-order valence-corrected chi connectivity index (χ0v) is 16.5. The fourth-order valence-corrected chi connectivity index (χ4v) is 3.04. The second-order valence-corrected chi connectivity index (χ2v) is 6.96. The van der Waals surface area contributed by atoms with Crippen molar-refractivity contribution in [2.45, 2.75) is 46.1 Å². The maximum Gasteiger partial charge on any atom is 0.278 e. The van der Waals surface area contributed by atoms with Crippen LogP contribution in [0.1, 0.15) is 60.1 Å². The molecule has 0 saturated carbocycles. The van der Waals surface area contributed by atoms with Crippen molar-refractivity contribution in [2.24, 2.45) is 0 Å². The van der Waals surface area contributed by atoms with E-state index in [-0.39, 0.29) is 11.6 Å². The number of hydrogen-bond donors (Lipinski definition) is 2. The van der Waals surface area contributed by atoms with Gasteiger partial charge in [-0.2, -0.15) is 0 Å². The number of rotatable bonds is 7. The van der Waals surface area contributed by atoms with Crippen molar-refractivity contribution < 1.29 is 9.90 Å². The molecule has 3 rings (SSSR count). The molecule has 28 heavy (non-hydrogen) atoms. The molecule has 6 heteroatoms. The third kappa shape index (κ3) is 4.46. The third-order valence-corrected chi connectivity index (χ3v) is 4.74. The maximum atomic E-state index is 12.6. The fraction of sp³-hybridized carbons (Fsp3) is 0.318. The average molecular weight is 378 g/mol. The minimum absolute atomic E-state index is 0.275. The molecule has 1 aromatic heterocycles. The van der Waals surface area contributed by atoms with Crippen LogP contribution in [-0.2, 0) is 6.42 Å². The SMILES string of the molecule is CCCCc1ccc(-n2nnc(C(=O)Nc3cccc(C(C)O)c3)c2C)cc1. The van der Waals surface area contributed by atoms with Crippen LogP contribution in [-0.4, -0.2) is 26.0 Å². The van der Waals surface area contributed by atoms with Crippen LogP contribution in [0.4, 0.5) is 5.69 Å². The first-order valence-corrected chi connectivity index (χ1v) is 9.60. The summed E-state index contributed by atoms with van der Waals surface area (Å²) in [5.41, 5.74) is 4.46. The van der Waals surface area contributed by atoms with E-state index in [1.165, 1.54) is 18.4 Å². The van der Waals surface area contributed by atoms with Crippen LogP contribution in [0, 0.1) is 6.92 Å². The topological polar surface area (TPSA) is 80.0 Å². The van der Waals surface area contributed by atoms with Crippen molar-refractivity contribution >= 4 is 11.6 Å². The first-order chi connectivity index (χ1) is 13.5. The molecule has 0 bridgehead atoms. The summed E-state index contributed by atoms with van der Waals surface area (Å²) in [6.07, 6.45) is 2.80. The second kappa shape index (κ2) is 8.80. The Labute approximate surface area is 165 Å². The van der Waals surface area contributed by atoms with E-state index >= 15 is 0 Å². The molecule has 3 aromatic rings. The van der Waals surface area contributed by atoms with Crippen molar-refractivity contribution in [1.29, 1.82) is 0 Å². The standard InChI is InChI=1S/C22H26N4O2/c1-4-5-7-17-10-12-20(13-11-17)26-15(2)21(24-25-26)22(28)23-19-9-6-8-18(14-19)16(3)27/h6,8-14,16,27H,4-5,7H2,1-3H3,(H,23,28). The van der Waals surface area contributed by atoms with Crippen LogP contribution in [0.2, 0.25) is 0 Å². The van der Waals surface area contributed by atoms with Crippen LogP contribution < -0.4 is 5.32 Å². The van der Waals surface area contributed by atoms with E-state index in [1.54, 1.807) is 29.8 Å². The molecular formula is C22H26N4O2. The molecule has 0 aliphatic rings. The molecule has 1 unspecified atom stereocenters. The van der Waals surface area contributed by atoms with Gasteiger partial charge in [0.05, 0.1) is 17.5 Å². The third-order valence-electron chi connectivity index (χ3n) is 4.74. The van der Waals surface area contributed by atoms with Crippen LogP contribution >= 0.6 is 0 Å². The van der Waals surface area contributed by atoms with E-state index in [4.69, 9.17) is 0 Å². The summed E-state index contributed by atoms with van der Waals surface area (Å²) in [5, 5.41) is 20.7. The van der Waals surface area contributed by atoms with E-state index in [0.29, 0.717) is 11.4 Å².